The van der Waals surface area contributed by atoms with Gasteiger partial charge in [0.05, 0.1) is 17.8 Å². The van der Waals surface area contributed by atoms with E-state index >= 15 is 0 Å². The summed E-state index contributed by atoms with van der Waals surface area (Å²) in [4.78, 5) is 12.4. The Morgan fingerprint density at radius 3 is 2.69 bits per heavy atom. The normalized spacial score (nSPS) is 14.9. The maximum absolute atomic E-state index is 13.2. The zero-order valence-corrected chi connectivity index (χ0v) is 15.8. The molecule has 1 N–H and O–H groups in total. The number of rotatable bonds is 6. The van der Waals surface area contributed by atoms with Gasteiger partial charge in [0, 0.05) is 22.4 Å². The number of nitrogens with zero attached hydrogens (tertiary/aromatic N) is 2. The van der Waals surface area contributed by atoms with Gasteiger partial charge in [-0.3, -0.25) is 9.18 Å². The van der Waals surface area contributed by atoms with Gasteiger partial charge in [0.15, 0.2) is 0 Å². The maximum Gasteiger partial charge on any atom is 0.251 e. The van der Waals surface area contributed by atoms with Gasteiger partial charge in [0.25, 0.3) is 5.91 Å². The fourth-order valence-electron chi connectivity index (χ4n) is 3.38. The predicted octanol–water partition coefficient (Wildman–Crippen LogP) is 4.82. The minimum Gasteiger partial charge on any atom is -0.349 e. The summed E-state index contributed by atoms with van der Waals surface area (Å²) in [5.74, 6) is -1.71. The Morgan fingerprint density at radius 1 is 1.21 bits per heavy atom. The average molecular weight is 399 g/mol. The Kier molecular flexibility index (Phi) is 5.22. The van der Waals surface area contributed by atoms with Crippen LogP contribution in [-0.2, 0) is 0 Å². The van der Waals surface area contributed by atoms with Crippen molar-refractivity contribution >= 4 is 16.7 Å². The molecular formula is C22H20F3N3O. The molecule has 2 aromatic carbocycles. The van der Waals surface area contributed by atoms with E-state index in [4.69, 9.17) is 0 Å². The molecule has 7 heteroatoms. The van der Waals surface area contributed by atoms with Crippen molar-refractivity contribution in [1.29, 1.82) is 0 Å². The van der Waals surface area contributed by atoms with Crippen molar-refractivity contribution in [3.05, 3.63) is 59.4 Å². The number of hydrogen-bond donors (Lipinski definition) is 1. The molecule has 29 heavy (non-hydrogen) atoms. The number of nitrogens with one attached hydrogen (secondary N) is 1. The van der Waals surface area contributed by atoms with Gasteiger partial charge in [-0.05, 0) is 54.7 Å². The first-order valence-corrected chi connectivity index (χ1v) is 9.49. The van der Waals surface area contributed by atoms with E-state index in [-0.39, 0.29) is 17.6 Å². The first-order valence-electron chi connectivity index (χ1n) is 9.49. The van der Waals surface area contributed by atoms with Gasteiger partial charge in [-0.25, -0.2) is 8.78 Å². The molecule has 1 unspecified atom stereocenters. The summed E-state index contributed by atoms with van der Waals surface area (Å²) in [7, 11) is 0. The maximum atomic E-state index is 13.2. The standard InChI is InChI=1S/C22H20F3N3O/c1-12-2-3-14(22(29)27-16-5-6-16)9-18(12)13-4-7-17-15(8-13)11-26-28-20(17)19(10-23)21(24)25/h2-4,7-9,11,16,19,21H,5-6,10H2,1H3,(H,27,29). The summed E-state index contributed by atoms with van der Waals surface area (Å²) in [5.41, 5.74) is 3.19. The lowest BCUT2D eigenvalue weighted by Crippen LogP contribution is -2.25. The molecule has 3 aromatic rings. The van der Waals surface area contributed by atoms with Gasteiger partial charge >= 0.3 is 0 Å². The number of alkyl halides is 3. The van der Waals surface area contributed by atoms with Crippen LogP contribution < -0.4 is 5.32 Å². The first kappa shape index (κ1) is 19.4. The predicted molar refractivity (Wildman–Crippen MR) is 105 cm³/mol. The summed E-state index contributed by atoms with van der Waals surface area (Å²) >= 11 is 0. The first-order chi connectivity index (χ1) is 14.0. The second-order valence-corrected chi connectivity index (χ2v) is 7.40. The van der Waals surface area contributed by atoms with Gasteiger partial charge in [0.2, 0.25) is 6.43 Å². The molecule has 1 heterocycles. The van der Waals surface area contributed by atoms with Crippen LogP contribution in [0.2, 0.25) is 0 Å². The Bertz CT molecular complexity index is 1070. The van der Waals surface area contributed by atoms with Crippen LogP contribution >= 0.6 is 0 Å². The molecule has 1 fully saturated rings. The van der Waals surface area contributed by atoms with E-state index in [2.05, 4.69) is 15.5 Å². The van der Waals surface area contributed by atoms with Crippen molar-refractivity contribution in [2.45, 2.75) is 38.2 Å². The molecule has 1 aliphatic carbocycles. The molecule has 0 spiro atoms. The number of halogens is 3. The molecule has 4 rings (SSSR count). The van der Waals surface area contributed by atoms with Crippen molar-refractivity contribution < 1.29 is 18.0 Å². The second kappa shape index (κ2) is 7.81. The third-order valence-electron chi connectivity index (χ3n) is 5.23. The Morgan fingerprint density at radius 2 is 2.00 bits per heavy atom. The van der Waals surface area contributed by atoms with Crippen LogP contribution in [-0.4, -0.2) is 35.2 Å². The lowest BCUT2D eigenvalue weighted by atomic mass is 9.94. The number of amides is 1. The fraction of sp³-hybridized carbons (Fsp3) is 0.318. The van der Waals surface area contributed by atoms with Crippen LogP contribution in [0, 0.1) is 6.92 Å². The monoisotopic (exact) mass is 399 g/mol. The smallest absolute Gasteiger partial charge is 0.251 e. The molecule has 4 nitrogen and oxygen atoms in total. The largest absolute Gasteiger partial charge is 0.349 e. The highest BCUT2D eigenvalue weighted by Crippen LogP contribution is 2.32. The van der Waals surface area contributed by atoms with Gasteiger partial charge in [-0.2, -0.15) is 10.2 Å². The number of benzene rings is 2. The minimum atomic E-state index is -2.86. The van der Waals surface area contributed by atoms with E-state index in [0.717, 1.165) is 29.5 Å². The highest BCUT2D eigenvalue weighted by molar-refractivity contribution is 5.97. The molecule has 1 saturated carbocycles. The Labute approximate surface area is 166 Å². The molecule has 0 radical (unpaired) electrons. The quantitative estimate of drug-likeness (QED) is 0.647. The zero-order chi connectivity index (χ0) is 20.5. The van der Waals surface area contributed by atoms with Crippen LogP contribution in [0.4, 0.5) is 13.2 Å². The summed E-state index contributed by atoms with van der Waals surface area (Å²) in [5, 5.41) is 11.6. The lowest BCUT2D eigenvalue weighted by Gasteiger charge is -2.14. The molecule has 1 aromatic heterocycles. The van der Waals surface area contributed by atoms with Crippen LogP contribution in [0.3, 0.4) is 0 Å². The third-order valence-corrected chi connectivity index (χ3v) is 5.23. The van der Waals surface area contributed by atoms with Crippen LogP contribution in [0.15, 0.2) is 42.6 Å². The van der Waals surface area contributed by atoms with Crippen molar-refractivity contribution in [3.63, 3.8) is 0 Å². The zero-order valence-electron chi connectivity index (χ0n) is 15.8. The molecule has 1 atom stereocenters. The van der Waals surface area contributed by atoms with E-state index < -0.39 is 19.0 Å². The van der Waals surface area contributed by atoms with Gasteiger partial charge in [-0.15, -0.1) is 0 Å². The van der Waals surface area contributed by atoms with Gasteiger partial charge in [0.1, 0.15) is 6.67 Å². The second-order valence-electron chi connectivity index (χ2n) is 7.40. The van der Waals surface area contributed by atoms with Crippen molar-refractivity contribution in [2.75, 3.05) is 6.67 Å². The van der Waals surface area contributed by atoms with Crippen LogP contribution in [0.25, 0.3) is 21.9 Å². The van der Waals surface area contributed by atoms with E-state index in [9.17, 15) is 18.0 Å². The van der Waals surface area contributed by atoms with E-state index in [1.807, 2.05) is 19.1 Å². The van der Waals surface area contributed by atoms with E-state index in [1.54, 1.807) is 24.3 Å². The number of aromatic nitrogens is 2. The fourth-order valence-corrected chi connectivity index (χ4v) is 3.38. The number of aryl methyl sites for hydroxylation is 1. The van der Waals surface area contributed by atoms with Crippen molar-refractivity contribution in [2.24, 2.45) is 0 Å². The van der Waals surface area contributed by atoms with Crippen molar-refractivity contribution in [3.8, 4) is 11.1 Å². The minimum absolute atomic E-state index is 0.0409. The number of carbonyl (C=O) groups excluding carboxylic acids is 1. The lowest BCUT2D eigenvalue weighted by molar-refractivity contribution is 0.0950. The molecular weight excluding hydrogens is 379 g/mol. The highest BCUT2D eigenvalue weighted by atomic mass is 19.3. The molecule has 1 aliphatic rings. The number of carbonyl (C=O) groups is 1. The van der Waals surface area contributed by atoms with Gasteiger partial charge in [-0.1, -0.05) is 18.2 Å². The van der Waals surface area contributed by atoms with Gasteiger partial charge < -0.3 is 5.32 Å². The summed E-state index contributed by atoms with van der Waals surface area (Å²) in [6, 6.07) is 11.0. The van der Waals surface area contributed by atoms with Crippen molar-refractivity contribution in [1.82, 2.24) is 15.5 Å². The van der Waals surface area contributed by atoms with Crippen LogP contribution in [0.1, 0.15) is 40.4 Å². The van der Waals surface area contributed by atoms with E-state index in [0.29, 0.717) is 16.3 Å². The number of hydrogen-bond acceptors (Lipinski definition) is 3. The SMILES string of the molecule is Cc1ccc(C(=O)NC2CC2)cc1-c1ccc2c(C(CF)C(F)F)nncc2c1. The number of fused-ring (bicyclic) bond motifs is 1. The third kappa shape index (κ3) is 3.95. The molecule has 150 valence electrons. The topological polar surface area (TPSA) is 54.9 Å². The molecule has 1 amide bonds. The molecule has 0 aliphatic heterocycles. The summed E-state index contributed by atoms with van der Waals surface area (Å²) in [6.45, 7) is 0.735. The van der Waals surface area contributed by atoms with Crippen LogP contribution in [0.5, 0.6) is 0 Å². The summed E-state index contributed by atoms with van der Waals surface area (Å²) < 4.78 is 39.5. The highest BCUT2D eigenvalue weighted by Gasteiger charge is 2.26. The molecule has 0 saturated heterocycles. The Hall–Kier alpha value is -2.96. The average Bonchev–Trinajstić information content (AvgIpc) is 3.52. The Balaban J connectivity index is 1.74. The van der Waals surface area contributed by atoms with E-state index in [1.165, 1.54) is 6.20 Å². The summed E-state index contributed by atoms with van der Waals surface area (Å²) in [6.07, 6.45) is 0.638. The molecule has 0 bridgehead atoms.